The maximum atomic E-state index is 10.8. The Bertz CT molecular complexity index is 512. The van der Waals surface area contributed by atoms with E-state index in [1.165, 1.54) is 0 Å². The summed E-state index contributed by atoms with van der Waals surface area (Å²) in [5.41, 5.74) is 0.152. The fourth-order valence-corrected chi connectivity index (χ4v) is 7.33. The zero-order valence-corrected chi connectivity index (χ0v) is 11.8. The quantitative estimate of drug-likeness (QED) is 0.678. The third kappa shape index (κ3) is 0.732. The lowest BCUT2D eigenvalue weighted by molar-refractivity contribution is -0.222. The molecule has 1 saturated heterocycles. The summed E-state index contributed by atoms with van der Waals surface area (Å²) in [6, 6.07) is 0. The molecule has 1 heterocycles. The number of rotatable bonds is 0. The van der Waals surface area contributed by atoms with E-state index in [4.69, 9.17) is 9.47 Å². The van der Waals surface area contributed by atoms with Crippen molar-refractivity contribution in [3.63, 3.8) is 0 Å². The van der Waals surface area contributed by atoms with Gasteiger partial charge in [-0.15, -0.1) is 0 Å². The van der Waals surface area contributed by atoms with Crippen molar-refractivity contribution >= 4 is 0 Å². The highest BCUT2D eigenvalue weighted by Gasteiger charge is 2.98. The second kappa shape index (κ2) is 2.68. The van der Waals surface area contributed by atoms with E-state index in [0.29, 0.717) is 24.5 Å². The van der Waals surface area contributed by atoms with Gasteiger partial charge >= 0.3 is 0 Å². The van der Waals surface area contributed by atoms with E-state index in [-0.39, 0.29) is 27.9 Å². The lowest BCUT2D eigenvalue weighted by Gasteiger charge is -2.46. The molecular formula is C16H22O3. The van der Waals surface area contributed by atoms with Crippen molar-refractivity contribution in [3.05, 3.63) is 12.2 Å². The summed E-state index contributed by atoms with van der Waals surface area (Å²) in [6.45, 7) is 8.15. The molecule has 5 aliphatic rings. The van der Waals surface area contributed by atoms with Gasteiger partial charge in [-0.25, -0.2) is 0 Å². The van der Waals surface area contributed by atoms with Gasteiger partial charge < -0.3 is 14.6 Å². The Kier molecular flexibility index (Phi) is 1.59. The molecule has 19 heavy (non-hydrogen) atoms. The minimum absolute atomic E-state index is 0.0343. The third-order valence-electron chi connectivity index (χ3n) is 7.71. The van der Waals surface area contributed by atoms with Crippen molar-refractivity contribution < 1.29 is 14.6 Å². The monoisotopic (exact) mass is 262 g/mol. The molecule has 4 fully saturated rings. The van der Waals surface area contributed by atoms with Crippen molar-refractivity contribution in [1.82, 2.24) is 0 Å². The second-order valence-corrected chi connectivity index (χ2v) is 7.98. The van der Waals surface area contributed by atoms with Crippen molar-refractivity contribution in [2.24, 2.45) is 34.0 Å². The van der Waals surface area contributed by atoms with Gasteiger partial charge in [0.05, 0.1) is 18.3 Å². The molecule has 3 nitrogen and oxygen atoms in total. The smallest absolute Gasteiger partial charge is 0.147 e. The van der Waals surface area contributed by atoms with Crippen molar-refractivity contribution in [3.8, 4) is 0 Å². The molecule has 0 amide bonds. The van der Waals surface area contributed by atoms with Crippen LogP contribution in [0.2, 0.25) is 0 Å². The summed E-state index contributed by atoms with van der Waals surface area (Å²) < 4.78 is 11.8. The van der Waals surface area contributed by atoms with E-state index in [1.54, 1.807) is 0 Å². The highest BCUT2D eigenvalue weighted by atomic mass is 16.7. The molecule has 104 valence electrons. The second-order valence-electron chi connectivity index (χ2n) is 7.98. The van der Waals surface area contributed by atoms with Crippen LogP contribution < -0.4 is 0 Å². The molecule has 3 spiro atoms. The Balaban J connectivity index is 1.78. The van der Waals surface area contributed by atoms with Gasteiger partial charge in [0.2, 0.25) is 0 Å². The van der Waals surface area contributed by atoms with Crippen LogP contribution in [0.4, 0.5) is 0 Å². The highest BCUT2D eigenvalue weighted by molar-refractivity contribution is 5.54. The van der Waals surface area contributed by atoms with E-state index < -0.39 is 0 Å². The average Bonchev–Trinajstić information content (AvgIpc) is 2.75. The molecule has 3 saturated carbocycles. The fourth-order valence-electron chi connectivity index (χ4n) is 7.33. The van der Waals surface area contributed by atoms with Crippen molar-refractivity contribution in [2.75, 3.05) is 13.4 Å². The summed E-state index contributed by atoms with van der Waals surface area (Å²) in [7, 11) is 0. The van der Waals surface area contributed by atoms with Gasteiger partial charge in [-0.05, 0) is 17.8 Å². The van der Waals surface area contributed by atoms with E-state index in [2.05, 4.69) is 32.9 Å². The standard InChI is InChI=1S/C16H22O3/c1-9-6-11(17)16-12-14(9,16)4-5-15(12)10(13(16,2)3)7-18-8-19-15/h4-5,9-12,17H,6-8H2,1-3H3/t9-,10+,11+,12+,14-,15-,16?/m1/s1. The van der Waals surface area contributed by atoms with Crippen LogP contribution in [-0.4, -0.2) is 30.2 Å². The first kappa shape index (κ1) is 11.3. The predicted molar refractivity (Wildman–Crippen MR) is 69.2 cm³/mol. The average molecular weight is 262 g/mol. The first-order valence-corrected chi connectivity index (χ1v) is 7.56. The Morgan fingerprint density at radius 1 is 1.26 bits per heavy atom. The van der Waals surface area contributed by atoms with E-state index in [1.807, 2.05) is 0 Å². The Morgan fingerprint density at radius 3 is 2.84 bits per heavy atom. The summed E-state index contributed by atoms with van der Waals surface area (Å²) in [4.78, 5) is 0. The van der Waals surface area contributed by atoms with Crippen molar-refractivity contribution in [2.45, 2.75) is 38.9 Å². The Labute approximate surface area is 114 Å². The molecule has 1 aliphatic heterocycles. The topological polar surface area (TPSA) is 38.7 Å². The minimum Gasteiger partial charge on any atom is -0.392 e. The van der Waals surface area contributed by atoms with Crippen molar-refractivity contribution in [1.29, 1.82) is 0 Å². The summed E-state index contributed by atoms with van der Waals surface area (Å²) in [5.74, 6) is 1.43. The van der Waals surface area contributed by atoms with Gasteiger partial charge in [-0.1, -0.05) is 32.9 Å². The molecule has 0 aromatic rings. The summed E-state index contributed by atoms with van der Waals surface area (Å²) in [6.07, 6.45) is 5.49. The lowest BCUT2D eigenvalue weighted by atomic mass is 9.64. The SMILES string of the molecule is C[C@@H]1C[C@H](O)C23[C@@H]4[C@]5(C=C[C@@]142)OCOC[C@H]5C3(C)C. The first-order valence-electron chi connectivity index (χ1n) is 7.56. The van der Waals surface area contributed by atoms with Gasteiger partial charge in [0.25, 0.3) is 0 Å². The zero-order valence-electron chi connectivity index (χ0n) is 11.8. The number of aliphatic hydroxyl groups is 1. The molecule has 5 rings (SSSR count). The molecule has 1 unspecified atom stereocenters. The van der Waals surface area contributed by atoms with E-state index in [0.717, 1.165) is 13.0 Å². The molecule has 0 bridgehead atoms. The number of hydrogen-bond acceptors (Lipinski definition) is 3. The molecule has 0 aromatic heterocycles. The summed E-state index contributed by atoms with van der Waals surface area (Å²) in [5, 5.41) is 10.8. The fraction of sp³-hybridized carbons (Fsp3) is 0.875. The van der Waals surface area contributed by atoms with Crippen LogP contribution in [0.1, 0.15) is 27.2 Å². The maximum absolute atomic E-state index is 10.8. The van der Waals surface area contributed by atoms with Gasteiger partial charge in [-0.2, -0.15) is 0 Å². The lowest BCUT2D eigenvalue weighted by Crippen LogP contribution is -2.50. The number of aliphatic hydroxyl groups excluding tert-OH is 1. The first-order chi connectivity index (χ1) is 8.96. The van der Waals surface area contributed by atoms with Crippen LogP contribution in [0.25, 0.3) is 0 Å². The molecule has 0 aromatic carbocycles. The minimum atomic E-state index is -0.182. The number of allylic oxidation sites excluding steroid dienone is 1. The van der Waals surface area contributed by atoms with E-state index in [9.17, 15) is 5.11 Å². The van der Waals surface area contributed by atoms with Crippen LogP contribution >= 0.6 is 0 Å². The largest absolute Gasteiger partial charge is 0.392 e. The van der Waals surface area contributed by atoms with Crippen LogP contribution in [0.5, 0.6) is 0 Å². The summed E-state index contributed by atoms with van der Waals surface area (Å²) >= 11 is 0. The molecule has 3 heteroatoms. The van der Waals surface area contributed by atoms with Gasteiger partial charge in [-0.3, -0.25) is 0 Å². The van der Waals surface area contributed by atoms with Gasteiger partial charge in [0.15, 0.2) is 0 Å². The normalized spacial score (nSPS) is 66.7. The Hall–Kier alpha value is -0.380. The number of ether oxygens (including phenoxy) is 2. The number of hydrogen-bond donors (Lipinski definition) is 1. The van der Waals surface area contributed by atoms with Gasteiger partial charge in [0, 0.05) is 22.7 Å². The van der Waals surface area contributed by atoms with Crippen LogP contribution in [0, 0.1) is 34.0 Å². The maximum Gasteiger partial charge on any atom is 0.147 e. The van der Waals surface area contributed by atoms with E-state index >= 15 is 0 Å². The van der Waals surface area contributed by atoms with Crippen LogP contribution in [0.15, 0.2) is 12.2 Å². The zero-order chi connectivity index (χ0) is 13.3. The molecule has 0 radical (unpaired) electrons. The third-order valence-corrected chi connectivity index (χ3v) is 7.71. The van der Waals surface area contributed by atoms with Gasteiger partial charge in [0.1, 0.15) is 6.79 Å². The van der Waals surface area contributed by atoms with Crippen LogP contribution in [0.3, 0.4) is 0 Å². The highest BCUT2D eigenvalue weighted by Crippen LogP contribution is 2.96. The molecular weight excluding hydrogens is 240 g/mol. The molecule has 4 aliphatic carbocycles. The Morgan fingerprint density at radius 2 is 2.05 bits per heavy atom. The predicted octanol–water partition coefficient (Wildman–Crippen LogP) is 1.96. The molecule has 1 N–H and O–H groups in total. The van der Waals surface area contributed by atoms with Crippen LogP contribution in [-0.2, 0) is 9.47 Å². The molecule has 7 atom stereocenters.